The SMILES string of the molecule is Cc1cn2ccnc(NC(=O)c3c(Cl)cccc3Cl)c2n1. The van der Waals surface area contributed by atoms with Crippen molar-refractivity contribution in [3.8, 4) is 0 Å². The molecule has 0 unspecified atom stereocenters. The first-order chi connectivity index (χ1) is 10.1. The molecule has 0 aliphatic carbocycles. The van der Waals surface area contributed by atoms with Crippen LogP contribution in [-0.2, 0) is 0 Å². The first-order valence-corrected chi connectivity index (χ1v) is 6.87. The van der Waals surface area contributed by atoms with Gasteiger partial charge in [-0.15, -0.1) is 0 Å². The number of carbonyl (C=O) groups excluding carboxylic acids is 1. The van der Waals surface area contributed by atoms with E-state index >= 15 is 0 Å². The van der Waals surface area contributed by atoms with E-state index in [9.17, 15) is 4.79 Å². The van der Waals surface area contributed by atoms with Crippen LogP contribution in [0, 0.1) is 6.92 Å². The van der Waals surface area contributed by atoms with Crippen molar-refractivity contribution in [1.82, 2.24) is 14.4 Å². The molecule has 0 saturated heterocycles. The van der Waals surface area contributed by atoms with Crippen molar-refractivity contribution < 1.29 is 4.79 Å². The molecule has 0 saturated carbocycles. The fourth-order valence-corrected chi connectivity index (χ4v) is 2.58. The number of fused-ring (bicyclic) bond motifs is 1. The van der Waals surface area contributed by atoms with Crippen molar-refractivity contribution in [3.05, 3.63) is 58.1 Å². The van der Waals surface area contributed by atoms with Gasteiger partial charge >= 0.3 is 0 Å². The molecule has 0 aliphatic rings. The average Bonchev–Trinajstić information content (AvgIpc) is 2.80. The highest BCUT2D eigenvalue weighted by atomic mass is 35.5. The average molecular weight is 321 g/mol. The van der Waals surface area contributed by atoms with E-state index in [-0.39, 0.29) is 15.6 Å². The highest BCUT2D eigenvalue weighted by molar-refractivity contribution is 6.40. The van der Waals surface area contributed by atoms with Gasteiger partial charge < -0.3 is 9.72 Å². The Hall–Kier alpha value is -2.11. The number of nitrogens with zero attached hydrogens (tertiary/aromatic N) is 3. The van der Waals surface area contributed by atoms with Crippen molar-refractivity contribution in [1.29, 1.82) is 0 Å². The minimum absolute atomic E-state index is 0.216. The van der Waals surface area contributed by atoms with Gasteiger partial charge in [-0.25, -0.2) is 9.97 Å². The number of halogens is 2. The summed E-state index contributed by atoms with van der Waals surface area (Å²) in [4.78, 5) is 20.8. The molecule has 1 amide bonds. The Morgan fingerprint density at radius 3 is 2.71 bits per heavy atom. The Morgan fingerprint density at radius 1 is 1.29 bits per heavy atom. The molecule has 0 radical (unpaired) electrons. The Labute approximate surface area is 130 Å². The lowest BCUT2D eigenvalue weighted by Gasteiger charge is -2.08. The first kappa shape index (κ1) is 13.9. The van der Waals surface area contributed by atoms with E-state index < -0.39 is 5.91 Å². The van der Waals surface area contributed by atoms with Gasteiger partial charge in [-0.05, 0) is 19.1 Å². The maximum absolute atomic E-state index is 12.3. The quantitative estimate of drug-likeness (QED) is 0.784. The minimum Gasteiger partial charge on any atom is -0.303 e. The maximum Gasteiger partial charge on any atom is 0.259 e. The molecule has 3 aromatic rings. The van der Waals surface area contributed by atoms with Crippen molar-refractivity contribution >= 4 is 40.6 Å². The molecule has 2 heterocycles. The van der Waals surface area contributed by atoms with Gasteiger partial charge in [0.1, 0.15) is 0 Å². The van der Waals surface area contributed by atoms with Crippen molar-refractivity contribution in [3.63, 3.8) is 0 Å². The van der Waals surface area contributed by atoms with E-state index in [1.165, 1.54) is 0 Å². The molecular weight excluding hydrogens is 311 g/mol. The monoisotopic (exact) mass is 320 g/mol. The molecule has 3 rings (SSSR count). The van der Waals surface area contributed by atoms with Gasteiger partial charge in [0.15, 0.2) is 11.5 Å². The fourth-order valence-electron chi connectivity index (χ4n) is 2.02. The predicted molar refractivity (Wildman–Crippen MR) is 82.1 cm³/mol. The van der Waals surface area contributed by atoms with Gasteiger partial charge in [-0.2, -0.15) is 0 Å². The molecule has 2 aromatic heterocycles. The van der Waals surface area contributed by atoms with Crippen LogP contribution in [0.5, 0.6) is 0 Å². The summed E-state index contributed by atoms with van der Waals surface area (Å²) in [5, 5.41) is 3.26. The van der Waals surface area contributed by atoms with Crippen LogP contribution in [0.3, 0.4) is 0 Å². The summed E-state index contributed by atoms with van der Waals surface area (Å²) in [7, 11) is 0. The second-order valence-corrected chi connectivity index (χ2v) is 5.25. The summed E-state index contributed by atoms with van der Waals surface area (Å²) in [6.07, 6.45) is 5.18. The van der Waals surface area contributed by atoms with Gasteiger partial charge in [0.2, 0.25) is 0 Å². The second kappa shape index (κ2) is 5.35. The molecule has 0 atom stereocenters. The first-order valence-electron chi connectivity index (χ1n) is 6.12. The smallest absolute Gasteiger partial charge is 0.259 e. The van der Waals surface area contributed by atoms with Gasteiger partial charge in [0.05, 0.1) is 21.3 Å². The standard InChI is InChI=1S/C14H10Cl2N4O/c1-8-7-20-6-5-17-12(13(20)18-8)19-14(21)11-9(15)3-2-4-10(11)16/h2-7H,1H3,(H,17,19,21). The summed E-state index contributed by atoms with van der Waals surface area (Å²) >= 11 is 12.1. The van der Waals surface area contributed by atoms with E-state index in [0.717, 1.165) is 5.69 Å². The molecule has 1 N–H and O–H groups in total. The third kappa shape index (κ3) is 2.57. The minimum atomic E-state index is -0.424. The molecule has 5 nitrogen and oxygen atoms in total. The van der Waals surface area contributed by atoms with Crippen LogP contribution in [0.15, 0.2) is 36.8 Å². The second-order valence-electron chi connectivity index (χ2n) is 4.44. The number of carbonyl (C=O) groups is 1. The predicted octanol–water partition coefficient (Wildman–Crippen LogP) is 3.60. The van der Waals surface area contributed by atoms with Crippen molar-refractivity contribution in [2.75, 3.05) is 5.32 Å². The zero-order valence-electron chi connectivity index (χ0n) is 11.0. The number of aryl methyl sites for hydroxylation is 1. The fraction of sp³-hybridized carbons (Fsp3) is 0.0714. The Balaban J connectivity index is 2.00. The molecule has 0 bridgehead atoms. The van der Waals surface area contributed by atoms with Gasteiger partial charge in [-0.3, -0.25) is 4.79 Å². The van der Waals surface area contributed by atoms with Crippen LogP contribution in [-0.4, -0.2) is 20.3 Å². The maximum atomic E-state index is 12.3. The Bertz CT molecular complexity index is 824. The summed E-state index contributed by atoms with van der Waals surface area (Å²) < 4.78 is 1.78. The highest BCUT2D eigenvalue weighted by Gasteiger charge is 2.17. The number of amides is 1. The van der Waals surface area contributed by atoms with Crippen LogP contribution in [0.2, 0.25) is 10.0 Å². The van der Waals surface area contributed by atoms with Crippen LogP contribution in [0.25, 0.3) is 5.65 Å². The van der Waals surface area contributed by atoms with Crippen molar-refractivity contribution in [2.24, 2.45) is 0 Å². The summed E-state index contributed by atoms with van der Waals surface area (Å²) in [5.41, 5.74) is 1.61. The third-order valence-electron chi connectivity index (χ3n) is 2.92. The lowest BCUT2D eigenvalue weighted by molar-refractivity contribution is 0.102. The highest BCUT2D eigenvalue weighted by Crippen LogP contribution is 2.25. The molecular formula is C14H10Cl2N4O. The molecule has 1 aromatic carbocycles. The zero-order valence-corrected chi connectivity index (χ0v) is 12.5. The van der Waals surface area contributed by atoms with Gasteiger partial charge in [0, 0.05) is 18.6 Å². The number of aromatic nitrogens is 3. The van der Waals surface area contributed by atoms with Gasteiger partial charge in [-0.1, -0.05) is 29.3 Å². The largest absolute Gasteiger partial charge is 0.303 e. The Morgan fingerprint density at radius 2 is 2.00 bits per heavy atom. The number of hydrogen-bond acceptors (Lipinski definition) is 3. The lowest BCUT2D eigenvalue weighted by atomic mass is 10.2. The molecule has 106 valence electrons. The summed E-state index contributed by atoms with van der Waals surface area (Å²) in [6, 6.07) is 4.89. The van der Waals surface area contributed by atoms with Crippen LogP contribution < -0.4 is 5.32 Å². The van der Waals surface area contributed by atoms with E-state index in [4.69, 9.17) is 23.2 Å². The summed E-state index contributed by atoms with van der Waals surface area (Å²) in [6.45, 7) is 1.86. The number of nitrogens with one attached hydrogen (secondary N) is 1. The van der Waals surface area contributed by atoms with E-state index in [1.54, 1.807) is 35.0 Å². The lowest BCUT2D eigenvalue weighted by Crippen LogP contribution is -2.15. The molecule has 21 heavy (non-hydrogen) atoms. The number of anilines is 1. The third-order valence-corrected chi connectivity index (χ3v) is 3.55. The number of imidazole rings is 1. The number of benzene rings is 1. The molecule has 0 aliphatic heterocycles. The van der Waals surface area contributed by atoms with Gasteiger partial charge in [0.25, 0.3) is 5.91 Å². The zero-order chi connectivity index (χ0) is 15.0. The number of rotatable bonds is 2. The van der Waals surface area contributed by atoms with Crippen molar-refractivity contribution in [2.45, 2.75) is 6.92 Å². The van der Waals surface area contributed by atoms with Crippen LogP contribution >= 0.6 is 23.2 Å². The van der Waals surface area contributed by atoms with Crippen LogP contribution in [0.4, 0.5) is 5.82 Å². The van der Waals surface area contributed by atoms with E-state index in [0.29, 0.717) is 11.5 Å². The van der Waals surface area contributed by atoms with E-state index in [2.05, 4.69) is 15.3 Å². The number of hydrogen-bond donors (Lipinski definition) is 1. The van der Waals surface area contributed by atoms with Crippen LogP contribution in [0.1, 0.15) is 16.1 Å². The molecule has 0 fully saturated rings. The topological polar surface area (TPSA) is 59.3 Å². The molecule has 7 heteroatoms. The summed E-state index contributed by atoms with van der Waals surface area (Å²) in [5.74, 6) is -0.0709. The normalized spacial score (nSPS) is 10.8. The Kier molecular flexibility index (Phi) is 3.53. The van der Waals surface area contributed by atoms with E-state index in [1.807, 2.05) is 13.1 Å². The molecule has 0 spiro atoms.